The standard InChI is InChI=1S/C30H40N4O9S/c31-23-44-27-3-1-24(2-4-27)5-10-43-26-19-25(32-28(20-26)30(37)38)21-33-6-11-39-15-17-41-13-8-34(22-29(35)36)9-14-42-18-16-40-12-7-33/h1-4,19-20H,5-18,21-22H2,(H,35,36)(H,37,38). The number of aromatic nitrogens is 1. The van der Waals surface area contributed by atoms with Gasteiger partial charge in [-0.05, 0) is 29.5 Å². The number of benzene rings is 1. The van der Waals surface area contributed by atoms with E-state index in [-0.39, 0.29) is 12.2 Å². The Balaban J connectivity index is 1.55. The molecule has 240 valence electrons. The first-order valence-corrected chi connectivity index (χ1v) is 15.2. The number of aromatic carboxylic acids is 1. The number of hydrogen-bond acceptors (Lipinski definition) is 12. The molecule has 0 bridgehead atoms. The summed E-state index contributed by atoms with van der Waals surface area (Å²) in [5.74, 6) is -1.61. The molecule has 1 aromatic heterocycles. The van der Waals surface area contributed by atoms with E-state index in [0.29, 0.717) is 110 Å². The van der Waals surface area contributed by atoms with Crippen LogP contribution in [0.3, 0.4) is 0 Å². The minimum absolute atomic E-state index is 0.0772. The van der Waals surface area contributed by atoms with Gasteiger partial charge in [-0.2, -0.15) is 5.26 Å². The van der Waals surface area contributed by atoms with Crippen LogP contribution in [0.4, 0.5) is 0 Å². The van der Waals surface area contributed by atoms with Crippen LogP contribution in [0.1, 0.15) is 21.7 Å². The van der Waals surface area contributed by atoms with E-state index in [2.05, 4.69) is 9.88 Å². The summed E-state index contributed by atoms with van der Waals surface area (Å²) in [5.41, 5.74) is 1.50. The minimum atomic E-state index is -1.14. The van der Waals surface area contributed by atoms with Crippen LogP contribution < -0.4 is 4.74 Å². The minimum Gasteiger partial charge on any atom is -0.493 e. The van der Waals surface area contributed by atoms with Gasteiger partial charge in [0.05, 0.1) is 71.7 Å². The van der Waals surface area contributed by atoms with Crippen LogP contribution in [0.25, 0.3) is 0 Å². The van der Waals surface area contributed by atoms with Crippen LogP contribution in [-0.2, 0) is 36.7 Å². The molecule has 13 nitrogen and oxygen atoms in total. The summed E-state index contributed by atoms with van der Waals surface area (Å²) in [4.78, 5) is 32.0. The molecule has 1 saturated heterocycles. The molecule has 3 rings (SSSR count). The van der Waals surface area contributed by atoms with Gasteiger partial charge in [0, 0.05) is 56.2 Å². The first kappa shape index (κ1) is 35.2. The molecule has 1 aliphatic rings. The Morgan fingerprint density at radius 1 is 0.864 bits per heavy atom. The fourth-order valence-corrected chi connectivity index (χ4v) is 4.65. The highest BCUT2D eigenvalue weighted by atomic mass is 32.2. The summed E-state index contributed by atoms with van der Waals surface area (Å²) < 4.78 is 28.6. The van der Waals surface area contributed by atoms with Gasteiger partial charge < -0.3 is 33.9 Å². The summed E-state index contributed by atoms with van der Waals surface area (Å²) in [7, 11) is 0. The molecule has 0 radical (unpaired) electrons. The molecular formula is C30H40N4O9S. The number of nitrogens with zero attached hydrogens (tertiary/aromatic N) is 4. The van der Waals surface area contributed by atoms with Crippen molar-refractivity contribution in [2.45, 2.75) is 17.9 Å². The van der Waals surface area contributed by atoms with Gasteiger partial charge in [0.1, 0.15) is 11.2 Å². The quantitative estimate of drug-likeness (QED) is 0.289. The molecule has 44 heavy (non-hydrogen) atoms. The van der Waals surface area contributed by atoms with Crippen molar-refractivity contribution in [3.63, 3.8) is 0 Å². The van der Waals surface area contributed by atoms with E-state index < -0.39 is 11.9 Å². The molecule has 0 aliphatic carbocycles. The Bertz CT molecular complexity index is 1180. The van der Waals surface area contributed by atoms with Gasteiger partial charge in [0.2, 0.25) is 0 Å². The maximum Gasteiger partial charge on any atom is 0.354 e. The molecule has 2 heterocycles. The van der Waals surface area contributed by atoms with Gasteiger partial charge in [-0.15, -0.1) is 0 Å². The SMILES string of the molecule is N#CSc1ccc(CCOc2cc(CN3CCOCCOCCN(CC(=O)O)CCOCCOCC3)nc(C(=O)O)c2)cc1. The molecule has 2 N–H and O–H groups in total. The lowest BCUT2D eigenvalue weighted by Gasteiger charge is -2.23. The average Bonchev–Trinajstić information content (AvgIpc) is 2.99. The Hall–Kier alpha value is -3.29. The monoisotopic (exact) mass is 632 g/mol. The fraction of sp³-hybridized carbons (Fsp3) is 0.533. The van der Waals surface area contributed by atoms with E-state index in [1.165, 1.54) is 6.07 Å². The van der Waals surface area contributed by atoms with Gasteiger partial charge in [-0.1, -0.05) is 12.1 Å². The molecule has 0 saturated carbocycles. The lowest BCUT2D eigenvalue weighted by molar-refractivity contribution is -0.138. The normalized spacial score (nSPS) is 17.2. The second kappa shape index (κ2) is 20.6. The molecule has 1 aliphatic heterocycles. The number of carboxylic acids is 2. The van der Waals surface area contributed by atoms with Crippen LogP contribution >= 0.6 is 11.8 Å². The highest BCUT2D eigenvalue weighted by molar-refractivity contribution is 8.03. The molecule has 14 heteroatoms. The van der Waals surface area contributed by atoms with Gasteiger partial charge >= 0.3 is 11.9 Å². The third-order valence-electron chi connectivity index (χ3n) is 6.51. The van der Waals surface area contributed by atoms with Crippen molar-refractivity contribution in [3.8, 4) is 11.2 Å². The lowest BCUT2D eigenvalue weighted by atomic mass is 10.2. The Labute approximate surface area is 261 Å². The molecule has 0 unspecified atom stereocenters. The molecule has 1 aromatic carbocycles. The number of ether oxygens (including phenoxy) is 5. The molecular weight excluding hydrogens is 592 g/mol. The second-order valence-corrected chi connectivity index (χ2v) is 10.7. The molecule has 0 amide bonds. The van der Waals surface area contributed by atoms with Crippen molar-refractivity contribution in [3.05, 3.63) is 53.3 Å². The van der Waals surface area contributed by atoms with Crippen molar-refractivity contribution in [1.82, 2.24) is 14.8 Å². The highest BCUT2D eigenvalue weighted by Crippen LogP contribution is 2.19. The molecule has 0 atom stereocenters. The Kier molecular flexibility index (Phi) is 16.5. The van der Waals surface area contributed by atoms with Crippen molar-refractivity contribution in [2.24, 2.45) is 0 Å². The zero-order chi connectivity index (χ0) is 31.4. The predicted molar refractivity (Wildman–Crippen MR) is 161 cm³/mol. The third-order valence-corrected chi connectivity index (χ3v) is 7.11. The molecule has 0 spiro atoms. The number of thiocyanates is 1. The van der Waals surface area contributed by atoms with Crippen LogP contribution in [0.15, 0.2) is 41.3 Å². The van der Waals surface area contributed by atoms with Crippen molar-refractivity contribution >= 4 is 23.7 Å². The summed E-state index contributed by atoms with van der Waals surface area (Å²) >= 11 is 1.10. The van der Waals surface area contributed by atoms with Crippen LogP contribution in [0, 0.1) is 10.7 Å². The maximum absolute atomic E-state index is 11.8. The topological polar surface area (TPSA) is 164 Å². The van der Waals surface area contributed by atoms with Crippen LogP contribution in [0.2, 0.25) is 0 Å². The van der Waals surface area contributed by atoms with Crippen molar-refractivity contribution in [2.75, 3.05) is 92.2 Å². The molecule has 2 aromatic rings. The Morgan fingerprint density at radius 2 is 1.43 bits per heavy atom. The van der Waals surface area contributed by atoms with Crippen LogP contribution in [0.5, 0.6) is 5.75 Å². The number of hydrogen-bond donors (Lipinski definition) is 2. The number of aliphatic carboxylic acids is 1. The number of thioether (sulfide) groups is 1. The lowest BCUT2D eigenvalue weighted by Crippen LogP contribution is -2.36. The van der Waals surface area contributed by atoms with Crippen molar-refractivity contribution < 1.29 is 43.5 Å². The summed E-state index contributed by atoms with van der Waals surface area (Å²) in [5, 5.41) is 29.6. The van der Waals surface area contributed by atoms with Gasteiger partial charge in [-0.25, -0.2) is 9.78 Å². The average molecular weight is 633 g/mol. The number of rotatable bonds is 10. The van der Waals surface area contributed by atoms with E-state index in [1.54, 1.807) is 11.0 Å². The summed E-state index contributed by atoms with van der Waals surface area (Å²) in [6, 6.07) is 10.8. The van der Waals surface area contributed by atoms with Gasteiger partial charge in [0.15, 0.2) is 5.69 Å². The van der Waals surface area contributed by atoms with E-state index in [1.807, 2.05) is 29.7 Å². The van der Waals surface area contributed by atoms with E-state index >= 15 is 0 Å². The maximum atomic E-state index is 11.8. The highest BCUT2D eigenvalue weighted by Gasteiger charge is 2.14. The van der Waals surface area contributed by atoms with Gasteiger partial charge in [-0.3, -0.25) is 14.6 Å². The second-order valence-electron chi connectivity index (χ2n) is 9.82. The van der Waals surface area contributed by atoms with E-state index in [9.17, 15) is 14.7 Å². The number of pyridine rings is 1. The number of nitriles is 1. The van der Waals surface area contributed by atoms with Crippen LogP contribution in [-0.4, -0.2) is 129 Å². The number of carbonyl (C=O) groups is 2. The zero-order valence-corrected chi connectivity index (χ0v) is 25.5. The Morgan fingerprint density at radius 3 is 1.95 bits per heavy atom. The first-order chi connectivity index (χ1) is 21.4. The largest absolute Gasteiger partial charge is 0.493 e. The van der Waals surface area contributed by atoms with E-state index in [0.717, 1.165) is 22.2 Å². The van der Waals surface area contributed by atoms with Gasteiger partial charge in [0.25, 0.3) is 0 Å². The smallest absolute Gasteiger partial charge is 0.354 e. The van der Waals surface area contributed by atoms with Crippen molar-refractivity contribution in [1.29, 1.82) is 5.26 Å². The molecule has 1 fully saturated rings. The predicted octanol–water partition coefficient (Wildman–Crippen LogP) is 2.24. The third kappa shape index (κ3) is 14.5. The zero-order valence-electron chi connectivity index (χ0n) is 24.7. The summed E-state index contributed by atoms with van der Waals surface area (Å²) in [6.45, 7) is 5.85. The first-order valence-electron chi connectivity index (χ1n) is 14.4. The van der Waals surface area contributed by atoms with E-state index in [4.69, 9.17) is 34.1 Å². The summed E-state index contributed by atoms with van der Waals surface area (Å²) in [6.07, 6.45) is 0.617. The number of carboxylic acid groups (broad SMARTS) is 2. The fourth-order valence-electron chi connectivity index (χ4n) is 4.28.